The highest BCUT2D eigenvalue weighted by atomic mass is 32.2. The molecule has 0 bridgehead atoms. The Labute approximate surface area is 181 Å². The van der Waals surface area contributed by atoms with Gasteiger partial charge in [0.05, 0.1) is 17.6 Å². The summed E-state index contributed by atoms with van der Waals surface area (Å²) >= 11 is 1.26. The zero-order valence-corrected chi connectivity index (χ0v) is 18.9. The lowest BCUT2D eigenvalue weighted by Gasteiger charge is -2.16. The summed E-state index contributed by atoms with van der Waals surface area (Å²) in [6, 6.07) is 5.98. The second-order valence-corrected chi connectivity index (χ2v) is 10.5. The number of thiophene rings is 1. The van der Waals surface area contributed by atoms with Crippen molar-refractivity contribution in [3.05, 3.63) is 46.3 Å². The molecule has 1 saturated heterocycles. The van der Waals surface area contributed by atoms with Gasteiger partial charge < -0.3 is 10.1 Å². The number of carbonyl (C=O) groups is 2. The predicted octanol–water partition coefficient (Wildman–Crippen LogP) is 3.77. The topological polar surface area (TPSA) is 92.8 Å². The number of ether oxygens (including phenoxy) is 1. The van der Waals surface area contributed by atoms with E-state index in [9.17, 15) is 18.0 Å². The van der Waals surface area contributed by atoms with Crippen molar-refractivity contribution in [2.75, 3.05) is 25.5 Å². The van der Waals surface area contributed by atoms with E-state index in [0.717, 1.165) is 18.4 Å². The molecule has 3 rings (SSSR count). The highest BCUT2D eigenvalue weighted by Crippen LogP contribution is 2.31. The van der Waals surface area contributed by atoms with Crippen LogP contribution in [0.1, 0.15) is 53.0 Å². The van der Waals surface area contributed by atoms with E-state index in [1.54, 1.807) is 12.1 Å². The molecule has 0 unspecified atom stereocenters. The summed E-state index contributed by atoms with van der Waals surface area (Å²) in [5, 5.41) is 5.00. The van der Waals surface area contributed by atoms with E-state index in [1.165, 1.54) is 34.9 Å². The minimum absolute atomic E-state index is 0.0944. The summed E-state index contributed by atoms with van der Waals surface area (Å²) in [6.07, 6.45) is 2.36. The maximum Gasteiger partial charge on any atom is 0.341 e. The van der Waals surface area contributed by atoms with Crippen molar-refractivity contribution in [1.82, 2.24) is 4.31 Å². The number of amides is 1. The van der Waals surface area contributed by atoms with Crippen molar-refractivity contribution < 1.29 is 22.7 Å². The Morgan fingerprint density at radius 2 is 1.93 bits per heavy atom. The molecule has 1 fully saturated rings. The molecule has 2 heterocycles. The van der Waals surface area contributed by atoms with Gasteiger partial charge in [0.15, 0.2) is 0 Å². The second-order valence-electron chi connectivity index (χ2n) is 7.65. The average Bonchev–Trinajstić information content (AvgIpc) is 3.38. The third-order valence-electron chi connectivity index (χ3n) is 4.91. The molecule has 0 radical (unpaired) electrons. The van der Waals surface area contributed by atoms with Crippen LogP contribution in [0.15, 0.2) is 34.5 Å². The van der Waals surface area contributed by atoms with Crippen molar-refractivity contribution in [3.63, 3.8) is 0 Å². The zero-order valence-electron chi connectivity index (χ0n) is 17.3. The molecule has 1 N–H and O–H groups in total. The molecule has 1 aliphatic rings. The first kappa shape index (κ1) is 22.5. The quantitative estimate of drug-likeness (QED) is 0.648. The smallest absolute Gasteiger partial charge is 0.341 e. The fourth-order valence-electron chi connectivity index (χ4n) is 3.45. The van der Waals surface area contributed by atoms with Gasteiger partial charge in [-0.25, -0.2) is 13.2 Å². The number of sulfonamides is 1. The van der Waals surface area contributed by atoms with E-state index in [0.29, 0.717) is 36.0 Å². The Kier molecular flexibility index (Phi) is 6.95. The normalized spacial score (nSPS) is 14.8. The number of nitrogens with zero attached hydrogens (tertiary/aromatic N) is 1. The molecule has 0 aliphatic carbocycles. The first-order chi connectivity index (χ1) is 14.2. The van der Waals surface area contributed by atoms with Gasteiger partial charge in [-0.2, -0.15) is 4.31 Å². The van der Waals surface area contributed by atoms with E-state index in [4.69, 9.17) is 4.74 Å². The minimum Gasteiger partial charge on any atom is -0.465 e. The van der Waals surface area contributed by atoms with Crippen LogP contribution in [0.3, 0.4) is 0 Å². The lowest BCUT2D eigenvalue weighted by Crippen LogP contribution is -2.28. The third-order valence-corrected chi connectivity index (χ3v) is 7.75. The number of carbonyl (C=O) groups excluding carboxylic acids is 2. The highest BCUT2D eigenvalue weighted by Gasteiger charge is 2.28. The summed E-state index contributed by atoms with van der Waals surface area (Å²) in [7, 11) is -2.32. The molecule has 0 saturated carbocycles. The Morgan fingerprint density at radius 1 is 1.23 bits per heavy atom. The summed E-state index contributed by atoms with van der Waals surface area (Å²) in [4.78, 5) is 25.2. The van der Waals surface area contributed by atoms with E-state index in [2.05, 4.69) is 5.32 Å². The number of rotatable bonds is 7. The van der Waals surface area contributed by atoms with E-state index >= 15 is 0 Å². The monoisotopic (exact) mass is 450 g/mol. The number of benzene rings is 1. The van der Waals surface area contributed by atoms with Crippen LogP contribution in [0, 0.1) is 5.92 Å². The largest absolute Gasteiger partial charge is 0.465 e. The Morgan fingerprint density at radius 3 is 2.57 bits per heavy atom. The summed E-state index contributed by atoms with van der Waals surface area (Å²) in [5.41, 5.74) is 1.39. The first-order valence-electron chi connectivity index (χ1n) is 9.84. The zero-order chi connectivity index (χ0) is 21.9. The average molecular weight is 451 g/mol. The lowest BCUT2D eigenvalue weighted by molar-refractivity contribution is 0.0601. The fourth-order valence-corrected chi connectivity index (χ4v) is 5.97. The van der Waals surface area contributed by atoms with Gasteiger partial charge in [-0.15, -0.1) is 11.3 Å². The van der Waals surface area contributed by atoms with Crippen molar-refractivity contribution in [2.24, 2.45) is 5.92 Å². The molecule has 1 aromatic carbocycles. The lowest BCUT2D eigenvalue weighted by atomic mass is 10.0. The van der Waals surface area contributed by atoms with Crippen LogP contribution in [-0.2, 0) is 21.2 Å². The Bertz CT molecular complexity index is 1040. The molecular formula is C21H26N2O5S2. The molecule has 162 valence electrons. The van der Waals surface area contributed by atoms with Crippen molar-refractivity contribution in [1.29, 1.82) is 0 Å². The van der Waals surface area contributed by atoms with Gasteiger partial charge in [0.1, 0.15) is 5.00 Å². The molecule has 1 amide bonds. The minimum atomic E-state index is -3.62. The van der Waals surface area contributed by atoms with Crippen molar-refractivity contribution in [3.8, 4) is 0 Å². The molecule has 9 heteroatoms. The molecule has 1 aromatic heterocycles. The number of methoxy groups -OCH3 is 1. The van der Waals surface area contributed by atoms with Crippen LogP contribution in [0.2, 0.25) is 0 Å². The van der Waals surface area contributed by atoms with Gasteiger partial charge in [0.2, 0.25) is 10.0 Å². The predicted molar refractivity (Wildman–Crippen MR) is 117 cm³/mol. The molecule has 30 heavy (non-hydrogen) atoms. The van der Waals surface area contributed by atoms with Gasteiger partial charge in [-0.3, -0.25) is 4.79 Å². The third kappa shape index (κ3) is 4.74. The second kappa shape index (κ2) is 9.28. The number of anilines is 1. The van der Waals surface area contributed by atoms with Crippen LogP contribution < -0.4 is 5.32 Å². The fraction of sp³-hybridized carbons (Fsp3) is 0.429. The van der Waals surface area contributed by atoms with Gasteiger partial charge in [0.25, 0.3) is 5.91 Å². The molecule has 7 nitrogen and oxygen atoms in total. The van der Waals surface area contributed by atoms with Gasteiger partial charge >= 0.3 is 5.97 Å². The van der Waals surface area contributed by atoms with Crippen LogP contribution in [0.4, 0.5) is 5.00 Å². The van der Waals surface area contributed by atoms with Crippen molar-refractivity contribution in [2.45, 2.75) is 38.0 Å². The summed E-state index contributed by atoms with van der Waals surface area (Å²) in [5.74, 6) is -0.650. The van der Waals surface area contributed by atoms with Crippen molar-refractivity contribution >= 4 is 38.2 Å². The molecular weight excluding hydrogens is 424 g/mol. The SMILES string of the molecule is COC(=O)c1c(CC(C)C)csc1NC(=O)c1cccc(S(=O)(=O)N2CCCC2)c1. The van der Waals surface area contributed by atoms with Gasteiger partial charge in [-0.05, 0) is 54.3 Å². The summed E-state index contributed by atoms with van der Waals surface area (Å²) < 4.78 is 31.9. The Hall–Kier alpha value is -2.23. The molecule has 2 aromatic rings. The van der Waals surface area contributed by atoms with Crippen LogP contribution in [-0.4, -0.2) is 44.8 Å². The number of hydrogen-bond acceptors (Lipinski definition) is 6. The van der Waals surface area contributed by atoms with Gasteiger partial charge in [-0.1, -0.05) is 19.9 Å². The van der Waals surface area contributed by atoms with E-state index in [-0.39, 0.29) is 10.5 Å². The maximum absolute atomic E-state index is 12.8. The van der Waals surface area contributed by atoms with Gasteiger partial charge in [0, 0.05) is 18.7 Å². The molecule has 1 aliphatic heterocycles. The highest BCUT2D eigenvalue weighted by molar-refractivity contribution is 7.89. The molecule has 0 spiro atoms. The van der Waals surface area contributed by atoms with Crippen LogP contribution >= 0.6 is 11.3 Å². The summed E-state index contributed by atoms with van der Waals surface area (Å²) in [6.45, 7) is 5.08. The standard InChI is InChI=1S/C21H26N2O5S2/c1-14(2)11-16-13-29-20(18(16)21(25)28-3)22-19(24)15-7-6-8-17(12-15)30(26,27)23-9-4-5-10-23/h6-8,12-14H,4-5,9-11H2,1-3H3,(H,22,24). The van der Waals surface area contributed by atoms with Crippen LogP contribution in [0.25, 0.3) is 0 Å². The Balaban J connectivity index is 1.87. The number of nitrogens with one attached hydrogen (secondary N) is 1. The number of esters is 1. The number of hydrogen-bond donors (Lipinski definition) is 1. The molecule has 0 atom stereocenters. The van der Waals surface area contributed by atoms with E-state index in [1.807, 2.05) is 19.2 Å². The van der Waals surface area contributed by atoms with E-state index < -0.39 is 21.9 Å². The van der Waals surface area contributed by atoms with Crippen LogP contribution in [0.5, 0.6) is 0 Å². The first-order valence-corrected chi connectivity index (χ1v) is 12.2. The maximum atomic E-state index is 12.8.